The summed E-state index contributed by atoms with van der Waals surface area (Å²) >= 11 is 0. The normalized spacial score (nSPS) is 14.3. The maximum atomic E-state index is 5.62. The van der Waals surface area contributed by atoms with Crippen LogP contribution in [0.2, 0.25) is 0 Å². The van der Waals surface area contributed by atoms with Gasteiger partial charge in [-0.15, -0.1) is 0 Å². The molecule has 170 valence electrons. The highest BCUT2D eigenvalue weighted by Gasteiger charge is 2.12. The fourth-order valence-electron chi connectivity index (χ4n) is 4.28. The van der Waals surface area contributed by atoms with Crippen molar-refractivity contribution in [3.05, 3.63) is 54.6 Å². The van der Waals surface area contributed by atoms with E-state index in [1.165, 1.54) is 11.1 Å². The molecule has 1 fully saturated rings. The van der Waals surface area contributed by atoms with Crippen molar-refractivity contribution in [2.45, 2.75) is 12.8 Å². The maximum absolute atomic E-state index is 5.62. The van der Waals surface area contributed by atoms with Gasteiger partial charge in [-0.3, -0.25) is 0 Å². The first-order chi connectivity index (χ1) is 15.7. The highest BCUT2D eigenvalue weighted by Crippen LogP contribution is 2.29. The molecule has 0 saturated carbocycles. The number of anilines is 2. The Hall–Kier alpha value is -2.67. The molecule has 6 nitrogen and oxygen atoms in total. The predicted octanol–water partition coefficient (Wildman–Crippen LogP) is 3.39. The zero-order valence-corrected chi connectivity index (χ0v) is 19.2. The van der Waals surface area contributed by atoms with Crippen molar-refractivity contribution in [1.82, 2.24) is 15.2 Å². The van der Waals surface area contributed by atoms with Crippen LogP contribution in [0.3, 0.4) is 0 Å². The number of nitrogens with zero attached hydrogens (tertiary/aromatic N) is 3. The smallest absolute Gasteiger partial charge is 0.0730 e. The summed E-state index contributed by atoms with van der Waals surface area (Å²) in [5.74, 6) is 0. The van der Waals surface area contributed by atoms with E-state index in [0.29, 0.717) is 0 Å². The van der Waals surface area contributed by atoms with E-state index in [4.69, 9.17) is 10.7 Å². The summed E-state index contributed by atoms with van der Waals surface area (Å²) in [6, 6.07) is 19.4. The van der Waals surface area contributed by atoms with Gasteiger partial charge < -0.3 is 26.2 Å². The fourth-order valence-corrected chi connectivity index (χ4v) is 4.28. The van der Waals surface area contributed by atoms with Gasteiger partial charge in [0.25, 0.3) is 0 Å². The molecule has 0 aliphatic carbocycles. The third-order valence-electron chi connectivity index (χ3n) is 6.14. The SMILES string of the molecule is CN(CCCN)CCCNc1cc(-c2ccc(N3CCNCC3)cc2)nc2ccccc12. The molecule has 3 aromatic rings. The zero-order valence-electron chi connectivity index (χ0n) is 19.2. The third kappa shape index (κ3) is 5.76. The third-order valence-corrected chi connectivity index (χ3v) is 6.14. The molecule has 0 spiro atoms. The summed E-state index contributed by atoms with van der Waals surface area (Å²) in [5.41, 5.74) is 11.2. The predicted molar refractivity (Wildman–Crippen MR) is 137 cm³/mol. The average molecular weight is 433 g/mol. The number of aromatic nitrogens is 1. The molecule has 1 aromatic heterocycles. The summed E-state index contributed by atoms with van der Waals surface area (Å²) in [5, 5.41) is 8.25. The van der Waals surface area contributed by atoms with Gasteiger partial charge in [0, 0.05) is 55.0 Å². The lowest BCUT2D eigenvalue weighted by Gasteiger charge is -2.29. The minimum absolute atomic E-state index is 0.755. The molecule has 0 atom stereocenters. The molecule has 4 rings (SSSR count). The minimum atomic E-state index is 0.755. The molecule has 32 heavy (non-hydrogen) atoms. The summed E-state index contributed by atoms with van der Waals surface area (Å²) in [7, 11) is 2.17. The van der Waals surface area contributed by atoms with Crippen molar-refractivity contribution in [3.63, 3.8) is 0 Å². The first-order valence-electron chi connectivity index (χ1n) is 11.8. The largest absolute Gasteiger partial charge is 0.384 e. The lowest BCUT2D eigenvalue weighted by molar-refractivity contribution is 0.330. The Morgan fingerprint density at radius 2 is 1.78 bits per heavy atom. The molecule has 1 aliphatic heterocycles. The number of nitrogens with one attached hydrogen (secondary N) is 2. The number of rotatable bonds is 10. The molecule has 2 aromatic carbocycles. The monoisotopic (exact) mass is 432 g/mol. The van der Waals surface area contributed by atoms with E-state index >= 15 is 0 Å². The Balaban J connectivity index is 1.48. The Bertz CT molecular complexity index is 981. The van der Waals surface area contributed by atoms with Gasteiger partial charge in [-0.1, -0.05) is 30.3 Å². The van der Waals surface area contributed by atoms with E-state index in [1.807, 2.05) is 0 Å². The molecule has 4 N–H and O–H groups in total. The summed E-state index contributed by atoms with van der Waals surface area (Å²) < 4.78 is 0. The van der Waals surface area contributed by atoms with Gasteiger partial charge in [0.15, 0.2) is 0 Å². The van der Waals surface area contributed by atoms with Crippen LogP contribution in [-0.4, -0.2) is 69.3 Å². The second-order valence-electron chi connectivity index (χ2n) is 8.58. The molecule has 0 unspecified atom stereocenters. The lowest BCUT2D eigenvalue weighted by Crippen LogP contribution is -2.43. The summed E-state index contributed by atoms with van der Waals surface area (Å²) in [4.78, 5) is 9.74. The average Bonchev–Trinajstić information content (AvgIpc) is 2.85. The van der Waals surface area contributed by atoms with Gasteiger partial charge in [-0.25, -0.2) is 4.98 Å². The number of para-hydroxylation sites is 1. The molecule has 1 aliphatic rings. The number of hydrogen-bond donors (Lipinski definition) is 3. The number of benzene rings is 2. The van der Waals surface area contributed by atoms with Gasteiger partial charge in [0.2, 0.25) is 0 Å². The Labute approximate surface area is 191 Å². The van der Waals surface area contributed by atoms with Crippen molar-refractivity contribution in [2.24, 2.45) is 5.73 Å². The number of fused-ring (bicyclic) bond motifs is 1. The molecule has 1 saturated heterocycles. The summed E-state index contributed by atoms with van der Waals surface area (Å²) in [6.45, 7) is 8.02. The van der Waals surface area contributed by atoms with Crippen LogP contribution >= 0.6 is 0 Å². The van der Waals surface area contributed by atoms with E-state index in [0.717, 1.165) is 87.7 Å². The molecule has 2 heterocycles. The minimum Gasteiger partial charge on any atom is -0.384 e. The Kier molecular flexibility index (Phi) is 7.93. The number of hydrogen-bond acceptors (Lipinski definition) is 6. The highest BCUT2D eigenvalue weighted by molar-refractivity contribution is 5.93. The fraction of sp³-hybridized carbons (Fsp3) is 0.423. The van der Waals surface area contributed by atoms with E-state index in [9.17, 15) is 0 Å². The first-order valence-corrected chi connectivity index (χ1v) is 11.8. The molecule has 0 amide bonds. The van der Waals surface area contributed by atoms with Crippen LogP contribution in [0.25, 0.3) is 22.2 Å². The highest BCUT2D eigenvalue weighted by atomic mass is 15.2. The van der Waals surface area contributed by atoms with E-state index in [2.05, 4.69) is 82.1 Å². The van der Waals surface area contributed by atoms with Crippen LogP contribution < -0.4 is 21.3 Å². The van der Waals surface area contributed by atoms with Crippen LogP contribution in [0.1, 0.15) is 12.8 Å². The number of nitrogens with two attached hydrogens (primary N) is 1. The lowest BCUT2D eigenvalue weighted by atomic mass is 10.1. The van der Waals surface area contributed by atoms with Crippen molar-refractivity contribution in [3.8, 4) is 11.3 Å². The molecular formula is C26H36N6. The number of piperazine rings is 1. The van der Waals surface area contributed by atoms with Crippen molar-refractivity contribution >= 4 is 22.3 Å². The topological polar surface area (TPSA) is 69.5 Å². The quantitative estimate of drug-likeness (QED) is 0.427. The molecule has 0 radical (unpaired) electrons. The van der Waals surface area contributed by atoms with Crippen LogP contribution in [0.15, 0.2) is 54.6 Å². The standard InChI is InChI=1S/C26H36N6/c1-31(16-4-12-27)17-5-13-29-26-20-25(30-24-7-3-2-6-23(24)26)21-8-10-22(11-9-21)32-18-14-28-15-19-32/h2-3,6-11,20,28H,4-5,12-19,27H2,1H3,(H,29,30). The van der Waals surface area contributed by atoms with Gasteiger partial charge >= 0.3 is 0 Å². The molecular weight excluding hydrogens is 396 g/mol. The van der Waals surface area contributed by atoms with Crippen LogP contribution in [-0.2, 0) is 0 Å². The Morgan fingerprint density at radius 1 is 1.03 bits per heavy atom. The summed E-state index contributed by atoms with van der Waals surface area (Å²) in [6.07, 6.45) is 2.14. The van der Waals surface area contributed by atoms with Crippen molar-refractivity contribution in [1.29, 1.82) is 0 Å². The Morgan fingerprint density at radius 3 is 2.56 bits per heavy atom. The molecule has 6 heteroatoms. The van der Waals surface area contributed by atoms with Crippen LogP contribution in [0.5, 0.6) is 0 Å². The van der Waals surface area contributed by atoms with Gasteiger partial charge in [0.1, 0.15) is 0 Å². The second-order valence-corrected chi connectivity index (χ2v) is 8.58. The van der Waals surface area contributed by atoms with Crippen LogP contribution in [0.4, 0.5) is 11.4 Å². The van der Waals surface area contributed by atoms with Gasteiger partial charge in [0.05, 0.1) is 11.2 Å². The van der Waals surface area contributed by atoms with E-state index < -0.39 is 0 Å². The van der Waals surface area contributed by atoms with E-state index in [1.54, 1.807) is 0 Å². The molecule has 0 bridgehead atoms. The first kappa shape index (κ1) is 22.5. The van der Waals surface area contributed by atoms with Gasteiger partial charge in [-0.2, -0.15) is 0 Å². The van der Waals surface area contributed by atoms with Crippen molar-refractivity contribution in [2.75, 3.05) is 69.6 Å². The van der Waals surface area contributed by atoms with Crippen molar-refractivity contribution < 1.29 is 0 Å². The maximum Gasteiger partial charge on any atom is 0.0730 e. The van der Waals surface area contributed by atoms with Gasteiger partial charge in [-0.05, 0) is 63.8 Å². The number of pyridine rings is 1. The van der Waals surface area contributed by atoms with E-state index in [-0.39, 0.29) is 0 Å². The zero-order chi connectivity index (χ0) is 22.2. The second kappa shape index (κ2) is 11.3. The van der Waals surface area contributed by atoms with Crippen LogP contribution in [0, 0.1) is 0 Å².